The molecule has 0 bridgehead atoms. The number of hydrogen-bond donors (Lipinski definition) is 2. The van der Waals surface area contributed by atoms with Gasteiger partial charge in [-0.2, -0.15) is 0 Å². The van der Waals surface area contributed by atoms with Gasteiger partial charge in [-0.1, -0.05) is 30.3 Å². The highest BCUT2D eigenvalue weighted by atomic mass is 32.1. The number of furan rings is 1. The summed E-state index contributed by atoms with van der Waals surface area (Å²) in [7, 11) is 0. The van der Waals surface area contributed by atoms with Crippen LogP contribution in [-0.2, 0) is 11.3 Å². The number of piperazine rings is 1. The van der Waals surface area contributed by atoms with Crippen LogP contribution in [0.3, 0.4) is 0 Å². The van der Waals surface area contributed by atoms with Crippen molar-refractivity contribution in [2.24, 2.45) is 0 Å². The van der Waals surface area contributed by atoms with Crippen LogP contribution in [0, 0.1) is 0 Å². The third-order valence-corrected chi connectivity index (χ3v) is 4.59. The molecule has 3 rings (SSSR count). The first-order valence-corrected chi connectivity index (χ1v) is 8.80. The lowest BCUT2D eigenvalue weighted by atomic mass is 10.2. The van der Waals surface area contributed by atoms with Gasteiger partial charge >= 0.3 is 0 Å². The Kier molecular flexibility index (Phi) is 5.98. The van der Waals surface area contributed by atoms with E-state index in [-0.39, 0.29) is 5.91 Å². The van der Waals surface area contributed by atoms with E-state index >= 15 is 0 Å². The van der Waals surface area contributed by atoms with Gasteiger partial charge < -0.3 is 14.2 Å². The molecule has 0 unspecified atom stereocenters. The van der Waals surface area contributed by atoms with Crippen molar-refractivity contribution in [2.75, 3.05) is 26.2 Å². The maximum Gasteiger partial charge on any atom is 0.250 e. The number of rotatable bonds is 4. The van der Waals surface area contributed by atoms with Crippen LogP contribution in [0.25, 0.3) is 6.08 Å². The maximum absolute atomic E-state index is 11.9. The zero-order valence-electron chi connectivity index (χ0n) is 14.0. The van der Waals surface area contributed by atoms with Crippen LogP contribution in [0.15, 0.2) is 59.2 Å². The molecule has 6 heteroatoms. The van der Waals surface area contributed by atoms with Crippen LogP contribution < -0.4 is 10.2 Å². The normalized spacial score (nSPS) is 15.4. The fraction of sp³-hybridized carbons (Fsp3) is 0.263. The molecule has 2 heterocycles. The highest BCUT2D eigenvalue weighted by molar-refractivity contribution is 7.80. The third kappa shape index (κ3) is 5.27. The van der Waals surface area contributed by atoms with E-state index in [2.05, 4.69) is 34.5 Å². The average molecular weight is 356 g/mol. The molecule has 25 heavy (non-hydrogen) atoms. The summed E-state index contributed by atoms with van der Waals surface area (Å²) in [6, 6.07) is 14.1. The van der Waals surface area contributed by atoms with E-state index in [1.807, 2.05) is 6.07 Å². The number of amides is 1. The van der Waals surface area contributed by atoms with Gasteiger partial charge in [0.15, 0.2) is 5.11 Å². The lowest BCUT2D eigenvalue weighted by Gasteiger charge is -2.33. The number of nitrogens with one attached hydrogen (secondary N) is 2. The van der Waals surface area contributed by atoms with Crippen LogP contribution in [0.5, 0.6) is 0 Å². The second-order valence-corrected chi connectivity index (χ2v) is 6.43. The fourth-order valence-corrected chi connectivity index (χ4v) is 3.14. The SMILES string of the molecule is O=C(/C=C/c1ccco1)NC(=S)N1CC[NH+](Cc2ccccc2)CC1. The summed E-state index contributed by atoms with van der Waals surface area (Å²) in [6.45, 7) is 4.74. The Hall–Kier alpha value is -2.44. The zero-order chi connectivity index (χ0) is 17.5. The summed E-state index contributed by atoms with van der Waals surface area (Å²) >= 11 is 5.36. The van der Waals surface area contributed by atoms with Gasteiger partial charge in [-0.3, -0.25) is 10.1 Å². The van der Waals surface area contributed by atoms with E-state index in [1.54, 1.807) is 24.5 Å². The summed E-state index contributed by atoms with van der Waals surface area (Å²) in [5.41, 5.74) is 1.35. The second kappa shape index (κ2) is 8.60. The van der Waals surface area contributed by atoms with E-state index in [4.69, 9.17) is 16.6 Å². The Labute approximate surface area is 152 Å². The van der Waals surface area contributed by atoms with Crippen molar-refractivity contribution in [1.82, 2.24) is 10.2 Å². The fourth-order valence-electron chi connectivity index (χ4n) is 2.86. The molecule has 1 aliphatic rings. The number of thiocarbonyl (C=S) groups is 1. The van der Waals surface area contributed by atoms with Crippen LogP contribution in [-0.4, -0.2) is 42.1 Å². The summed E-state index contributed by atoms with van der Waals surface area (Å²) in [5, 5.41) is 3.25. The van der Waals surface area contributed by atoms with Crippen molar-refractivity contribution in [3.63, 3.8) is 0 Å². The molecule has 5 nitrogen and oxygen atoms in total. The minimum atomic E-state index is -0.236. The third-order valence-electron chi connectivity index (χ3n) is 4.23. The molecule has 1 amide bonds. The molecule has 2 N–H and O–H groups in total. The second-order valence-electron chi connectivity index (χ2n) is 6.04. The van der Waals surface area contributed by atoms with Gasteiger partial charge in [0.2, 0.25) is 5.91 Å². The molecule has 0 saturated carbocycles. The summed E-state index contributed by atoms with van der Waals surface area (Å²) in [5.74, 6) is 0.402. The van der Waals surface area contributed by atoms with Crippen LogP contribution >= 0.6 is 12.2 Å². The first-order valence-electron chi connectivity index (χ1n) is 8.40. The predicted molar refractivity (Wildman–Crippen MR) is 101 cm³/mol. The first-order chi connectivity index (χ1) is 12.2. The molecule has 130 valence electrons. The van der Waals surface area contributed by atoms with E-state index in [1.165, 1.54) is 16.5 Å². The maximum atomic E-state index is 11.9. The summed E-state index contributed by atoms with van der Waals surface area (Å²) in [6.07, 6.45) is 4.63. The van der Waals surface area contributed by atoms with E-state index in [9.17, 15) is 4.79 Å². The Balaban J connectivity index is 1.43. The molecule has 0 atom stereocenters. The topological polar surface area (TPSA) is 49.9 Å². The standard InChI is InChI=1S/C19H21N3O2S/c23-18(9-8-17-7-4-14-24-17)20-19(25)22-12-10-21(11-13-22)15-16-5-2-1-3-6-16/h1-9,14H,10-13,15H2,(H,20,23,25)/p+1/b9-8+. The molecule has 1 saturated heterocycles. The van der Waals surface area contributed by atoms with Gasteiger partial charge in [-0.25, -0.2) is 0 Å². The summed E-state index contributed by atoms with van der Waals surface area (Å²) in [4.78, 5) is 15.5. The predicted octanol–water partition coefficient (Wildman–Crippen LogP) is 1.09. The Morgan fingerprint density at radius 3 is 2.64 bits per heavy atom. The van der Waals surface area contributed by atoms with Gasteiger partial charge in [0.05, 0.1) is 32.4 Å². The molecular formula is C19H22N3O2S+. The number of benzene rings is 1. The van der Waals surface area contributed by atoms with Gasteiger partial charge in [-0.15, -0.1) is 0 Å². The molecule has 0 spiro atoms. The Morgan fingerprint density at radius 2 is 1.96 bits per heavy atom. The van der Waals surface area contributed by atoms with Crippen molar-refractivity contribution >= 4 is 29.3 Å². The van der Waals surface area contributed by atoms with Gasteiger partial charge in [0.1, 0.15) is 12.3 Å². The van der Waals surface area contributed by atoms with E-state index in [0.717, 1.165) is 32.7 Å². The number of hydrogen-bond acceptors (Lipinski definition) is 3. The number of carbonyl (C=O) groups is 1. The molecular weight excluding hydrogens is 334 g/mol. The van der Waals surface area contributed by atoms with Crippen molar-refractivity contribution in [3.8, 4) is 0 Å². The monoisotopic (exact) mass is 356 g/mol. The zero-order valence-corrected chi connectivity index (χ0v) is 14.8. The molecule has 0 radical (unpaired) electrons. The van der Waals surface area contributed by atoms with Gasteiger partial charge in [0, 0.05) is 11.6 Å². The molecule has 1 aliphatic heterocycles. The van der Waals surface area contributed by atoms with Crippen molar-refractivity contribution in [3.05, 3.63) is 66.1 Å². The number of quaternary nitrogens is 1. The highest BCUT2D eigenvalue weighted by Crippen LogP contribution is 2.02. The molecule has 0 aliphatic carbocycles. The Bertz CT molecular complexity index is 720. The molecule has 1 aromatic heterocycles. The largest absolute Gasteiger partial charge is 0.465 e. The van der Waals surface area contributed by atoms with Crippen molar-refractivity contribution < 1.29 is 14.1 Å². The minimum absolute atomic E-state index is 0.236. The molecule has 2 aromatic rings. The average Bonchev–Trinajstić information content (AvgIpc) is 3.15. The minimum Gasteiger partial charge on any atom is -0.465 e. The Morgan fingerprint density at radius 1 is 1.20 bits per heavy atom. The molecule has 1 fully saturated rings. The summed E-state index contributed by atoms with van der Waals surface area (Å²) < 4.78 is 5.15. The van der Waals surface area contributed by atoms with Crippen molar-refractivity contribution in [2.45, 2.75) is 6.54 Å². The van der Waals surface area contributed by atoms with E-state index < -0.39 is 0 Å². The van der Waals surface area contributed by atoms with Crippen LogP contribution in [0.2, 0.25) is 0 Å². The van der Waals surface area contributed by atoms with Gasteiger partial charge in [0.25, 0.3) is 0 Å². The van der Waals surface area contributed by atoms with Gasteiger partial charge in [-0.05, 0) is 30.4 Å². The smallest absolute Gasteiger partial charge is 0.250 e. The number of carbonyl (C=O) groups excluding carboxylic acids is 1. The van der Waals surface area contributed by atoms with Crippen LogP contribution in [0.4, 0.5) is 0 Å². The lowest BCUT2D eigenvalue weighted by Crippen LogP contribution is -3.13. The number of nitrogens with zero attached hydrogens (tertiary/aromatic N) is 1. The van der Waals surface area contributed by atoms with Crippen molar-refractivity contribution in [1.29, 1.82) is 0 Å². The van der Waals surface area contributed by atoms with Crippen LogP contribution in [0.1, 0.15) is 11.3 Å². The quantitative estimate of drug-likeness (QED) is 0.636. The van der Waals surface area contributed by atoms with E-state index in [0.29, 0.717) is 10.9 Å². The highest BCUT2D eigenvalue weighted by Gasteiger charge is 2.22. The first kappa shape index (κ1) is 17.4. The molecule has 1 aromatic carbocycles. The lowest BCUT2D eigenvalue weighted by molar-refractivity contribution is -0.917.